The average molecular weight is 1170 g/mol. The fraction of sp³-hybridized carbons (Fsp3) is 1.00. The molecule has 0 atom stereocenters. The van der Waals surface area contributed by atoms with E-state index in [9.17, 15) is 0 Å². The predicted octanol–water partition coefficient (Wildman–Crippen LogP) is 9.78. The van der Waals surface area contributed by atoms with Gasteiger partial charge >= 0.3 is 52.8 Å². The van der Waals surface area contributed by atoms with Crippen LogP contribution in [-0.4, -0.2) is 203 Å². The van der Waals surface area contributed by atoms with E-state index in [1.54, 1.807) is 128 Å². The molecule has 0 fully saturated rings. The summed E-state index contributed by atoms with van der Waals surface area (Å²) in [6.07, 6.45) is 7.78. The highest BCUT2D eigenvalue weighted by Gasteiger charge is 2.46. The summed E-state index contributed by atoms with van der Waals surface area (Å²) in [5.41, 5.74) is -1.36. The molecule has 0 aliphatic heterocycles. The summed E-state index contributed by atoms with van der Waals surface area (Å²) in [6, 6.07) is 12.2. The molecule has 0 rings (SSSR count). The maximum atomic E-state index is 17.3. The Bertz CT molecular complexity index is 1040. The minimum Gasteiger partial charge on any atom is -0.377 e. The molecule has 0 aromatic rings. The molecule has 0 aliphatic rings. The zero-order chi connectivity index (χ0) is 54.2. The Hall–Kier alpha value is 0.945. The first-order valence-electron chi connectivity index (χ1n) is 25.4. The topological polar surface area (TPSA) is 166 Å². The SMILES string of the molecule is CO[Si](CCC[Si](CCCC(C)(F)CCC[Si](CCC[Si](OC)(OC)OC)(CCC[Si](OC)(OC)OC)CCC[Si](OC)(OC)OC)(CCC[Si](OC)(OC)OC)CCC[Si](OC)(OC)OC)(OC)OC. The van der Waals surface area contributed by atoms with Gasteiger partial charge in [0, 0.05) is 164 Å². The number of halogens is 1. The second-order valence-electron chi connectivity index (χ2n) is 19.0. The van der Waals surface area contributed by atoms with E-state index >= 15 is 4.39 Å². The second-order valence-corrected chi connectivity index (χ2v) is 47.6. The summed E-state index contributed by atoms with van der Waals surface area (Å²) in [6.45, 7) is 1.81. The van der Waals surface area contributed by atoms with Crippen molar-refractivity contribution >= 4 is 69.0 Å². The maximum Gasteiger partial charge on any atom is 0.500 e. The number of hydrogen-bond acceptors (Lipinski definition) is 18. The van der Waals surface area contributed by atoms with E-state index in [4.69, 9.17) is 79.7 Å². The summed E-state index contributed by atoms with van der Waals surface area (Å²) in [4.78, 5) is 0. The lowest BCUT2D eigenvalue weighted by molar-refractivity contribution is 0.122. The summed E-state index contributed by atoms with van der Waals surface area (Å²) in [5.74, 6) is 0. The highest BCUT2D eigenvalue weighted by atomic mass is 28.4. The molecule has 0 saturated carbocycles. The van der Waals surface area contributed by atoms with Crippen LogP contribution in [0.5, 0.6) is 0 Å². The Morgan fingerprint density at radius 1 is 0.225 bits per heavy atom. The molecular weight excluding hydrogens is 1060 g/mol. The van der Waals surface area contributed by atoms with Gasteiger partial charge < -0.3 is 79.7 Å². The molecule has 18 nitrogen and oxygen atoms in total. The van der Waals surface area contributed by atoms with Crippen LogP contribution in [-0.2, 0) is 79.7 Å². The van der Waals surface area contributed by atoms with E-state index in [2.05, 4.69) is 0 Å². The highest BCUT2D eigenvalue weighted by molar-refractivity contribution is 6.81. The fourth-order valence-electron chi connectivity index (χ4n) is 10.7. The third-order valence-corrected chi connectivity index (χ3v) is 43.9. The van der Waals surface area contributed by atoms with Crippen LogP contribution < -0.4 is 0 Å². The van der Waals surface area contributed by atoms with Crippen molar-refractivity contribution < 1.29 is 84.1 Å². The van der Waals surface area contributed by atoms with E-state index in [-0.39, 0.29) is 0 Å². The molecule has 0 bridgehead atoms. The van der Waals surface area contributed by atoms with Crippen LogP contribution in [0.2, 0.25) is 84.6 Å². The lowest BCUT2D eigenvalue weighted by Gasteiger charge is -2.37. The Balaban J connectivity index is 6.98. The molecule has 0 radical (unpaired) electrons. The Morgan fingerprint density at radius 2 is 0.352 bits per heavy atom. The largest absolute Gasteiger partial charge is 0.500 e. The van der Waals surface area contributed by atoms with Crippen LogP contribution in [0.3, 0.4) is 0 Å². The summed E-state index contributed by atoms with van der Waals surface area (Å²) in [5, 5.41) is 0. The Kier molecular flexibility index (Phi) is 37.4. The predicted molar refractivity (Wildman–Crippen MR) is 295 cm³/mol. The van der Waals surface area contributed by atoms with Gasteiger partial charge in [0.1, 0.15) is 5.67 Å². The molecule has 0 heterocycles. The summed E-state index contributed by atoms with van der Waals surface area (Å²) < 4.78 is 123. The van der Waals surface area contributed by atoms with Crippen LogP contribution in [0.25, 0.3) is 0 Å². The summed E-state index contributed by atoms with van der Waals surface area (Å²) >= 11 is 0. The summed E-state index contributed by atoms with van der Waals surface area (Å²) in [7, 11) is 8.61. The third-order valence-electron chi connectivity index (χ3n) is 15.5. The molecule has 0 N–H and O–H groups in total. The van der Waals surface area contributed by atoms with Crippen molar-refractivity contribution in [3.05, 3.63) is 0 Å². The quantitative estimate of drug-likeness (QED) is 0.0528. The van der Waals surface area contributed by atoms with Crippen LogP contribution in [0.1, 0.15) is 71.1 Å². The molecule has 0 aromatic heterocycles. The standard InChI is InChI=1S/C44H105FO18Si8/c1-44(45,28-20-30-64(32-22-38-66(46-2,47-3)48-4,33-23-39-67(49-5,50-6)51-7)34-24-40-68(52-8,53-9)54-10)29-21-31-65(35-25-41-69(55-11,56-12)57-13,36-26-42-70(58-14,59-15)60-16)37-27-43-71(61-17,62-18)63-19/h20-43H2,1-19H3. The lowest BCUT2D eigenvalue weighted by Crippen LogP contribution is -2.45. The zero-order valence-corrected chi connectivity index (χ0v) is 56.2. The van der Waals surface area contributed by atoms with E-state index in [0.29, 0.717) is 49.1 Å². The molecule has 27 heteroatoms. The van der Waals surface area contributed by atoms with Crippen LogP contribution in [0, 0.1) is 0 Å². The van der Waals surface area contributed by atoms with Gasteiger partial charge in [-0.15, -0.1) is 0 Å². The highest BCUT2D eigenvalue weighted by Crippen LogP contribution is 2.41. The molecule has 0 amide bonds. The van der Waals surface area contributed by atoms with Gasteiger partial charge in [-0.05, 0) is 19.8 Å². The van der Waals surface area contributed by atoms with Gasteiger partial charge in [-0.3, -0.25) is 0 Å². The van der Waals surface area contributed by atoms with Crippen molar-refractivity contribution in [2.24, 2.45) is 0 Å². The van der Waals surface area contributed by atoms with Gasteiger partial charge in [0.15, 0.2) is 0 Å². The van der Waals surface area contributed by atoms with Crippen LogP contribution >= 0.6 is 0 Å². The van der Waals surface area contributed by atoms with E-state index in [1.165, 1.54) is 0 Å². The monoisotopic (exact) mass is 1160 g/mol. The fourth-order valence-corrected chi connectivity index (χ4v) is 33.6. The smallest absolute Gasteiger partial charge is 0.377 e. The molecular formula is C44H105FO18Si8. The Labute approximate surface area is 440 Å². The second kappa shape index (κ2) is 36.9. The molecule has 0 saturated heterocycles. The first-order chi connectivity index (χ1) is 33.7. The van der Waals surface area contributed by atoms with Crippen molar-refractivity contribution in [3.63, 3.8) is 0 Å². The third kappa shape index (κ3) is 23.8. The molecule has 428 valence electrons. The van der Waals surface area contributed by atoms with Gasteiger partial charge in [0.25, 0.3) is 0 Å². The molecule has 0 unspecified atom stereocenters. The van der Waals surface area contributed by atoms with Crippen LogP contribution in [0.15, 0.2) is 0 Å². The van der Waals surface area contributed by atoms with Gasteiger partial charge in [-0.25, -0.2) is 4.39 Å². The van der Waals surface area contributed by atoms with Crippen molar-refractivity contribution in [1.82, 2.24) is 0 Å². The van der Waals surface area contributed by atoms with Crippen molar-refractivity contribution in [2.75, 3.05) is 128 Å². The first-order valence-corrected chi connectivity index (χ1v) is 42.6. The zero-order valence-electron chi connectivity index (χ0n) is 48.2. The van der Waals surface area contributed by atoms with Crippen molar-refractivity contribution in [1.29, 1.82) is 0 Å². The maximum absolute atomic E-state index is 17.3. The number of rotatable bonds is 50. The Morgan fingerprint density at radius 3 is 0.479 bits per heavy atom. The molecule has 0 spiro atoms. The van der Waals surface area contributed by atoms with Gasteiger partial charge in [-0.2, -0.15) is 0 Å². The van der Waals surface area contributed by atoms with E-state index in [0.717, 1.165) is 99.7 Å². The van der Waals surface area contributed by atoms with Gasteiger partial charge in [-0.1, -0.05) is 99.7 Å². The minimum absolute atomic E-state index is 0.472. The molecule has 0 aliphatic carbocycles. The molecule has 71 heavy (non-hydrogen) atoms. The van der Waals surface area contributed by atoms with Crippen molar-refractivity contribution in [2.45, 2.75) is 161 Å². The first kappa shape index (κ1) is 71.9. The van der Waals surface area contributed by atoms with E-state index in [1.807, 2.05) is 6.92 Å². The number of hydrogen-bond donors (Lipinski definition) is 0. The van der Waals surface area contributed by atoms with Gasteiger partial charge in [0.2, 0.25) is 0 Å². The normalized spacial score (nSPS) is 14.0. The lowest BCUT2D eigenvalue weighted by atomic mass is 9.97. The minimum atomic E-state index is -2.83. The average Bonchev–Trinajstić information content (AvgIpc) is 3.40. The van der Waals surface area contributed by atoms with Gasteiger partial charge in [0.05, 0.1) is 16.1 Å². The number of alkyl halides is 1. The van der Waals surface area contributed by atoms with E-state index < -0.39 is 74.6 Å². The van der Waals surface area contributed by atoms with Crippen molar-refractivity contribution in [3.8, 4) is 0 Å². The van der Waals surface area contributed by atoms with Crippen LogP contribution in [0.4, 0.5) is 4.39 Å². The molecule has 0 aromatic carbocycles.